The van der Waals surface area contributed by atoms with Gasteiger partial charge in [0.15, 0.2) is 0 Å². The Morgan fingerprint density at radius 3 is 2.39 bits per heavy atom. The molecule has 5 rings (SSSR count). The van der Waals surface area contributed by atoms with E-state index in [-0.39, 0.29) is 5.91 Å². The highest BCUT2D eigenvalue weighted by Gasteiger charge is 2.30. The molecule has 3 heterocycles. The Labute approximate surface area is 197 Å². The monoisotopic (exact) mass is 448 g/mol. The first kappa shape index (κ1) is 22.3. The molecule has 3 aliphatic rings. The molecule has 2 saturated heterocycles. The minimum absolute atomic E-state index is 0.287. The molecule has 2 aliphatic heterocycles. The fraction of sp³-hybridized carbons (Fsp3) is 0.577. The minimum Gasteiger partial charge on any atom is -0.353 e. The molecule has 3 fully saturated rings. The first-order valence-electron chi connectivity index (χ1n) is 12.6. The van der Waals surface area contributed by atoms with E-state index in [1.807, 2.05) is 12.4 Å². The highest BCUT2D eigenvalue weighted by molar-refractivity contribution is 5.78. The zero-order valence-corrected chi connectivity index (χ0v) is 19.8. The lowest BCUT2D eigenvalue weighted by Gasteiger charge is -2.43. The van der Waals surface area contributed by atoms with Gasteiger partial charge in [-0.15, -0.1) is 0 Å². The maximum Gasteiger partial charge on any atom is 0.236 e. The fourth-order valence-corrected chi connectivity index (χ4v) is 5.10. The number of aromatic nitrogens is 2. The van der Waals surface area contributed by atoms with Crippen molar-refractivity contribution in [2.75, 3.05) is 63.8 Å². The second-order valence-corrected chi connectivity index (χ2v) is 9.58. The van der Waals surface area contributed by atoms with Crippen LogP contribution in [0.1, 0.15) is 31.7 Å². The van der Waals surface area contributed by atoms with Gasteiger partial charge >= 0.3 is 0 Å². The molecule has 1 aromatic heterocycles. The molecule has 1 amide bonds. The Morgan fingerprint density at radius 2 is 1.76 bits per heavy atom. The number of carbonyl (C=O) groups is 1. The second-order valence-electron chi connectivity index (χ2n) is 9.58. The third-order valence-corrected chi connectivity index (χ3v) is 7.58. The molecule has 2 aromatic rings. The van der Waals surface area contributed by atoms with E-state index in [2.05, 4.69) is 55.8 Å². The lowest BCUT2D eigenvalue weighted by molar-refractivity contribution is -0.134. The summed E-state index contributed by atoms with van der Waals surface area (Å²) in [5, 5.41) is 0. The van der Waals surface area contributed by atoms with Crippen LogP contribution in [0.25, 0.3) is 11.3 Å². The number of hydrogen-bond acceptors (Lipinski definition) is 6. The van der Waals surface area contributed by atoms with Gasteiger partial charge in [-0.1, -0.05) is 31.5 Å². The number of anilines is 1. The van der Waals surface area contributed by atoms with E-state index in [1.54, 1.807) is 0 Å². The summed E-state index contributed by atoms with van der Waals surface area (Å²) in [6.45, 7) is 10.1. The van der Waals surface area contributed by atoms with Gasteiger partial charge in [0.25, 0.3) is 0 Å². The molecular formula is C26H36N6O. The fourth-order valence-electron chi connectivity index (χ4n) is 5.10. The Morgan fingerprint density at radius 1 is 0.970 bits per heavy atom. The van der Waals surface area contributed by atoms with Crippen LogP contribution in [0.3, 0.4) is 0 Å². The number of amides is 1. The summed E-state index contributed by atoms with van der Waals surface area (Å²) < 4.78 is 0. The summed E-state index contributed by atoms with van der Waals surface area (Å²) in [5.74, 6) is 1.21. The highest BCUT2D eigenvalue weighted by atomic mass is 16.2. The van der Waals surface area contributed by atoms with Crippen LogP contribution >= 0.6 is 0 Å². The topological polar surface area (TPSA) is 55.8 Å². The number of carbonyl (C=O) groups excluding carboxylic acids is 1. The Hall–Kier alpha value is -2.51. The van der Waals surface area contributed by atoms with E-state index < -0.39 is 0 Å². The summed E-state index contributed by atoms with van der Waals surface area (Å²) in [7, 11) is 0. The van der Waals surface area contributed by atoms with Gasteiger partial charge in [-0.3, -0.25) is 19.6 Å². The second kappa shape index (κ2) is 10.2. The lowest BCUT2D eigenvalue weighted by atomic mass is 9.91. The van der Waals surface area contributed by atoms with Crippen molar-refractivity contribution in [1.29, 1.82) is 0 Å². The summed E-state index contributed by atoms with van der Waals surface area (Å²) in [6, 6.07) is 9.29. The van der Waals surface area contributed by atoms with Gasteiger partial charge in [-0.25, -0.2) is 4.98 Å². The first-order chi connectivity index (χ1) is 16.2. The predicted octanol–water partition coefficient (Wildman–Crippen LogP) is 2.52. The quantitative estimate of drug-likeness (QED) is 0.677. The Kier molecular flexibility index (Phi) is 6.88. The molecule has 0 spiro atoms. The van der Waals surface area contributed by atoms with Gasteiger partial charge in [-0.05, 0) is 30.9 Å². The van der Waals surface area contributed by atoms with E-state index in [0.717, 1.165) is 81.9 Å². The summed E-state index contributed by atoms with van der Waals surface area (Å²) in [4.78, 5) is 31.4. The molecule has 7 nitrogen and oxygen atoms in total. The van der Waals surface area contributed by atoms with Crippen LogP contribution < -0.4 is 4.90 Å². The number of nitrogens with zero attached hydrogens (tertiary/aromatic N) is 6. The van der Waals surface area contributed by atoms with Crippen LogP contribution in [0.5, 0.6) is 0 Å². The Balaban J connectivity index is 1.09. The van der Waals surface area contributed by atoms with E-state index in [4.69, 9.17) is 4.98 Å². The smallest absolute Gasteiger partial charge is 0.236 e. The van der Waals surface area contributed by atoms with Crippen molar-refractivity contribution in [3.8, 4) is 11.3 Å². The van der Waals surface area contributed by atoms with Crippen LogP contribution in [-0.4, -0.2) is 95.5 Å². The lowest BCUT2D eigenvalue weighted by Crippen LogP contribution is -2.56. The van der Waals surface area contributed by atoms with E-state index in [1.165, 1.54) is 24.8 Å². The molecule has 0 unspecified atom stereocenters. The third-order valence-electron chi connectivity index (χ3n) is 7.58. The van der Waals surface area contributed by atoms with Gasteiger partial charge in [0, 0.05) is 64.0 Å². The van der Waals surface area contributed by atoms with Crippen LogP contribution in [0.2, 0.25) is 0 Å². The number of aryl methyl sites for hydroxylation is 1. The van der Waals surface area contributed by atoms with Gasteiger partial charge in [0.05, 0.1) is 24.6 Å². The molecule has 33 heavy (non-hydrogen) atoms. The van der Waals surface area contributed by atoms with E-state index in [0.29, 0.717) is 6.54 Å². The normalized spacial score (nSPS) is 20.6. The molecular weight excluding hydrogens is 412 g/mol. The van der Waals surface area contributed by atoms with Gasteiger partial charge in [-0.2, -0.15) is 0 Å². The number of rotatable bonds is 6. The minimum atomic E-state index is 0.287. The average molecular weight is 449 g/mol. The van der Waals surface area contributed by atoms with Gasteiger partial charge in [0.1, 0.15) is 5.82 Å². The van der Waals surface area contributed by atoms with Crippen LogP contribution in [-0.2, 0) is 11.2 Å². The molecule has 0 atom stereocenters. The van der Waals surface area contributed by atoms with Crippen molar-refractivity contribution in [1.82, 2.24) is 24.7 Å². The first-order valence-corrected chi connectivity index (χ1v) is 12.6. The van der Waals surface area contributed by atoms with Crippen molar-refractivity contribution in [2.24, 2.45) is 0 Å². The SMILES string of the molecule is CCc1cccc(-c2cnc(N3CCN(CC(=O)N4CCN(C5CCC5)CC4)CC3)cn2)c1. The molecule has 1 aliphatic carbocycles. The van der Waals surface area contributed by atoms with Crippen molar-refractivity contribution in [3.05, 3.63) is 42.2 Å². The number of hydrogen-bond donors (Lipinski definition) is 0. The van der Waals surface area contributed by atoms with Crippen molar-refractivity contribution < 1.29 is 4.79 Å². The maximum absolute atomic E-state index is 12.8. The molecule has 1 aromatic carbocycles. The molecule has 0 bridgehead atoms. The number of benzene rings is 1. The van der Waals surface area contributed by atoms with Crippen LogP contribution in [0, 0.1) is 0 Å². The molecule has 1 saturated carbocycles. The van der Waals surface area contributed by atoms with Crippen molar-refractivity contribution >= 4 is 11.7 Å². The standard InChI is InChI=1S/C26H36N6O/c1-2-21-5-3-6-22(17-21)24-18-28-25(19-27-24)31-11-9-29(10-12-31)20-26(33)32-15-13-30(14-16-32)23-7-4-8-23/h3,5-6,17-19,23H,2,4,7-16,20H2,1H3. The Bertz CT molecular complexity index is 928. The zero-order valence-electron chi connectivity index (χ0n) is 19.8. The maximum atomic E-state index is 12.8. The molecule has 0 radical (unpaired) electrons. The third kappa shape index (κ3) is 5.20. The summed E-state index contributed by atoms with van der Waals surface area (Å²) >= 11 is 0. The average Bonchev–Trinajstić information content (AvgIpc) is 2.84. The number of piperazine rings is 2. The zero-order chi connectivity index (χ0) is 22.6. The highest BCUT2D eigenvalue weighted by Crippen LogP contribution is 2.25. The van der Waals surface area contributed by atoms with Crippen LogP contribution in [0.15, 0.2) is 36.7 Å². The summed E-state index contributed by atoms with van der Waals surface area (Å²) in [6.07, 6.45) is 8.84. The molecule has 0 N–H and O–H groups in total. The van der Waals surface area contributed by atoms with Gasteiger partial charge in [0.2, 0.25) is 5.91 Å². The predicted molar refractivity (Wildman–Crippen MR) is 131 cm³/mol. The molecule has 7 heteroatoms. The largest absolute Gasteiger partial charge is 0.353 e. The molecule has 176 valence electrons. The summed E-state index contributed by atoms with van der Waals surface area (Å²) in [5.41, 5.74) is 3.34. The van der Waals surface area contributed by atoms with Crippen LogP contribution in [0.4, 0.5) is 5.82 Å². The van der Waals surface area contributed by atoms with Crippen molar-refractivity contribution in [2.45, 2.75) is 38.6 Å². The van der Waals surface area contributed by atoms with E-state index >= 15 is 0 Å². The van der Waals surface area contributed by atoms with Crippen molar-refractivity contribution in [3.63, 3.8) is 0 Å². The van der Waals surface area contributed by atoms with Gasteiger partial charge < -0.3 is 9.80 Å². The van der Waals surface area contributed by atoms with E-state index in [9.17, 15) is 4.79 Å².